The van der Waals surface area contributed by atoms with Crippen LogP contribution in [-0.4, -0.2) is 39.8 Å². The van der Waals surface area contributed by atoms with Crippen LogP contribution in [0, 0.1) is 0 Å². The first-order chi connectivity index (χ1) is 8.06. The quantitative estimate of drug-likeness (QED) is 0.804. The van der Waals surface area contributed by atoms with Gasteiger partial charge in [-0.15, -0.1) is 0 Å². The van der Waals surface area contributed by atoms with Crippen LogP contribution in [0.4, 0.5) is 0 Å². The molecule has 2 aliphatic rings. The molecule has 1 aliphatic heterocycles. The Hall–Kier alpha value is -0.550. The Labute approximate surface area is 106 Å². The first-order valence-corrected chi connectivity index (χ1v) is 7.16. The lowest BCUT2D eigenvalue weighted by molar-refractivity contribution is -0.130. The van der Waals surface area contributed by atoms with Crippen molar-refractivity contribution in [3.63, 3.8) is 0 Å². The maximum Gasteiger partial charge on any atom is 0.224 e. The second kappa shape index (κ2) is 5.40. The summed E-state index contributed by atoms with van der Waals surface area (Å²) in [6, 6.07) is 0.672. The average molecular weight is 256 g/mol. The van der Waals surface area contributed by atoms with Crippen molar-refractivity contribution in [3.8, 4) is 0 Å². The summed E-state index contributed by atoms with van der Waals surface area (Å²) in [5, 5.41) is 0.269. The van der Waals surface area contributed by atoms with E-state index in [1.165, 1.54) is 11.8 Å². The molecule has 0 aromatic rings. The van der Waals surface area contributed by atoms with E-state index < -0.39 is 0 Å². The molecule has 0 aromatic carbocycles. The highest BCUT2D eigenvalue weighted by atomic mass is 32.2. The lowest BCUT2D eigenvalue weighted by Crippen LogP contribution is -2.41. The molecule has 1 heterocycles. The van der Waals surface area contributed by atoms with Crippen molar-refractivity contribution in [2.45, 2.75) is 56.4 Å². The van der Waals surface area contributed by atoms with Crippen molar-refractivity contribution in [1.29, 1.82) is 0 Å². The molecule has 5 heteroatoms. The molecule has 1 amide bonds. The maximum absolute atomic E-state index is 11.9. The molecule has 96 valence electrons. The molecule has 1 unspecified atom stereocenters. The minimum Gasteiger partial charge on any atom is -0.339 e. The van der Waals surface area contributed by atoms with Crippen LogP contribution in [0.15, 0.2) is 0 Å². The number of nitrogens with two attached hydrogens (primary N) is 1. The van der Waals surface area contributed by atoms with Crippen LogP contribution in [0.5, 0.6) is 0 Å². The van der Waals surface area contributed by atoms with Gasteiger partial charge in [-0.1, -0.05) is 11.8 Å². The minimum atomic E-state index is 0.107. The topological polar surface area (TPSA) is 63.4 Å². The van der Waals surface area contributed by atoms with E-state index in [0.717, 1.165) is 32.2 Å². The molecule has 0 spiro atoms. The van der Waals surface area contributed by atoms with Gasteiger partial charge in [0.1, 0.15) is 0 Å². The molecule has 1 aliphatic carbocycles. The third-order valence-electron chi connectivity index (χ3n) is 3.64. The Kier molecular flexibility index (Phi) is 4.09. The molecule has 2 N–H and O–H groups in total. The molecular formula is C12H20N2O2S. The number of rotatable bonds is 2. The summed E-state index contributed by atoms with van der Waals surface area (Å²) in [5.74, 6) is 0.212. The number of hydrogen-bond acceptors (Lipinski definition) is 4. The summed E-state index contributed by atoms with van der Waals surface area (Å²) in [7, 11) is 0. The predicted octanol–water partition coefficient (Wildman–Crippen LogP) is 1.14. The lowest BCUT2D eigenvalue weighted by Gasteiger charge is -2.33. The zero-order chi connectivity index (χ0) is 12.4. The Bertz CT molecular complexity index is 314. The number of carbonyl (C=O) groups excluding carboxylic acids is 2. The van der Waals surface area contributed by atoms with Crippen molar-refractivity contribution in [2.24, 2.45) is 5.73 Å². The molecule has 0 aromatic heterocycles. The van der Waals surface area contributed by atoms with Crippen molar-refractivity contribution < 1.29 is 9.59 Å². The number of carbonyl (C=O) groups is 2. The average Bonchev–Trinajstić information content (AvgIpc) is 2.59. The number of hydrogen-bond donors (Lipinski definition) is 1. The Balaban J connectivity index is 1.89. The van der Waals surface area contributed by atoms with E-state index in [2.05, 4.69) is 0 Å². The SMILES string of the molecule is CC(=O)SC1CC(=O)N(C2CCC(N)CC2)C1. The Morgan fingerprint density at radius 1 is 1.35 bits per heavy atom. The smallest absolute Gasteiger partial charge is 0.224 e. The van der Waals surface area contributed by atoms with Crippen LogP contribution in [0.2, 0.25) is 0 Å². The van der Waals surface area contributed by atoms with Crippen molar-refractivity contribution in [3.05, 3.63) is 0 Å². The summed E-state index contributed by atoms with van der Waals surface area (Å²) in [5.41, 5.74) is 5.87. The standard InChI is InChI=1S/C12H20N2O2S/c1-8(15)17-11-6-12(16)14(7-11)10-4-2-9(13)3-5-10/h9-11H,2-7,13H2,1H3. The Morgan fingerprint density at radius 2 is 2.00 bits per heavy atom. The second-order valence-electron chi connectivity index (χ2n) is 5.05. The van der Waals surface area contributed by atoms with Crippen molar-refractivity contribution in [1.82, 2.24) is 4.90 Å². The highest BCUT2D eigenvalue weighted by Gasteiger charge is 2.36. The number of likely N-dealkylation sites (tertiary alicyclic amines) is 1. The molecule has 0 radical (unpaired) electrons. The van der Waals surface area contributed by atoms with E-state index in [-0.39, 0.29) is 16.3 Å². The van der Waals surface area contributed by atoms with E-state index in [0.29, 0.717) is 18.5 Å². The molecular weight excluding hydrogens is 236 g/mol. The summed E-state index contributed by atoms with van der Waals surface area (Å²) in [6.07, 6.45) is 4.58. The molecule has 2 fully saturated rings. The van der Waals surface area contributed by atoms with Gasteiger partial charge in [-0.25, -0.2) is 0 Å². The fourth-order valence-corrected chi connectivity index (χ4v) is 3.71. The van der Waals surface area contributed by atoms with Gasteiger partial charge in [-0.05, 0) is 25.7 Å². The predicted molar refractivity (Wildman–Crippen MR) is 68.6 cm³/mol. The van der Waals surface area contributed by atoms with Gasteiger partial charge in [0, 0.05) is 37.2 Å². The number of nitrogens with zero attached hydrogens (tertiary/aromatic N) is 1. The fourth-order valence-electron chi connectivity index (χ4n) is 2.78. The van der Waals surface area contributed by atoms with Gasteiger partial charge in [0.15, 0.2) is 5.12 Å². The molecule has 1 saturated heterocycles. The van der Waals surface area contributed by atoms with E-state index in [1.54, 1.807) is 6.92 Å². The van der Waals surface area contributed by atoms with Crippen LogP contribution in [0.1, 0.15) is 39.0 Å². The number of thioether (sulfide) groups is 1. The third kappa shape index (κ3) is 3.22. The van der Waals surface area contributed by atoms with Gasteiger partial charge in [-0.3, -0.25) is 9.59 Å². The van der Waals surface area contributed by atoms with E-state index in [9.17, 15) is 9.59 Å². The summed E-state index contributed by atoms with van der Waals surface area (Å²) in [6.45, 7) is 2.31. The van der Waals surface area contributed by atoms with Gasteiger partial charge in [0.25, 0.3) is 0 Å². The molecule has 17 heavy (non-hydrogen) atoms. The first-order valence-electron chi connectivity index (χ1n) is 6.28. The van der Waals surface area contributed by atoms with Gasteiger partial charge in [-0.2, -0.15) is 0 Å². The minimum absolute atomic E-state index is 0.107. The molecule has 0 bridgehead atoms. The van der Waals surface area contributed by atoms with E-state index in [1.807, 2.05) is 4.90 Å². The van der Waals surface area contributed by atoms with Gasteiger partial charge in [0.05, 0.1) is 0 Å². The van der Waals surface area contributed by atoms with Crippen LogP contribution in [0.25, 0.3) is 0 Å². The molecule has 2 rings (SSSR count). The van der Waals surface area contributed by atoms with Crippen LogP contribution in [-0.2, 0) is 9.59 Å². The van der Waals surface area contributed by atoms with Crippen LogP contribution >= 0.6 is 11.8 Å². The maximum atomic E-state index is 11.9. The van der Waals surface area contributed by atoms with Gasteiger partial charge in [0.2, 0.25) is 5.91 Å². The Morgan fingerprint density at radius 3 is 2.59 bits per heavy atom. The zero-order valence-corrected chi connectivity index (χ0v) is 11.0. The summed E-state index contributed by atoms with van der Waals surface area (Å²) < 4.78 is 0. The fraction of sp³-hybridized carbons (Fsp3) is 0.833. The van der Waals surface area contributed by atoms with Gasteiger partial charge < -0.3 is 10.6 Å². The van der Waals surface area contributed by atoms with Crippen LogP contribution < -0.4 is 5.73 Å². The monoisotopic (exact) mass is 256 g/mol. The van der Waals surface area contributed by atoms with E-state index >= 15 is 0 Å². The summed E-state index contributed by atoms with van der Waals surface area (Å²) in [4.78, 5) is 24.9. The summed E-state index contributed by atoms with van der Waals surface area (Å²) >= 11 is 1.31. The molecule has 1 atom stereocenters. The molecule has 1 saturated carbocycles. The van der Waals surface area contributed by atoms with Crippen molar-refractivity contribution >= 4 is 22.8 Å². The van der Waals surface area contributed by atoms with Gasteiger partial charge >= 0.3 is 0 Å². The molecule has 4 nitrogen and oxygen atoms in total. The highest BCUT2D eigenvalue weighted by Crippen LogP contribution is 2.30. The third-order valence-corrected chi connectivity index (χ3v) is 4.62. The number of amides is 1. The first kappa shape index (κ1) is 12.9. The normalized spacial score (nSPS) is 34.1. The zero-order valence-electron chi connectivity index (χ0n) is 10.2. The lowest BCUT2D eigenvalue weighted by atomic mass is 9.91. The van der Waals surface area contributed by atoms with Crippen LogP contribution in [0.3, 0.4) is 0 Å². The largest absolute Gasteiger partial charge is 0.339 e. The highest BCUT2D eigenvalue weighted by molar-refractivity contribution is 8.14. The second-order valence-corrected chi connectivity index (χ2v) is 6.53. The van der Waals surface area contributed by atoms with E-state index in [4.69, 9.17) is 5.73 Å². The van der Waals surface area contributed by atoms with Crippen molar-refractivity contribution in [2.75, 3.05) is 6.54 Å².